The van der Waals surface area contributed by atoms with E-state index in [1.54, 1.807) is 4.91 Å². The minimum atomic E-state index is 0.877. The Hall–Kier alpha value is 0.0900. The van der Waals surface area contributed by atoms with Crippen LogP contribution in [0.15, 0.2) is 11.0 Å². The second kappa shape index (κ2) is 6.53. The van der Waals surface area contributed by atoms with Gasteiger partial charge in [-0.3, -0.25) is 0 Å². The largest absolute Gasteiger partial charge is 0.128 e. The fraction of sp³-hybridized carbons (Fsp3) is 0.833. The molecule has 1 atom stereocenters. The highest BCUT2D eigenvalue weighted by molar-refractivity contribution is 8.03. The zero-order chi connectivity index (χ0) is 9.52. The van der Waals surface area contributed by atoms with Gasteiger partial charge in [0.25, 0.3) is 0 Å². The molecule has 0 amide bonds. The minimum absolute atomic E-state index is 0.877. The molecule has 1 saturated heterocycles. The molecule has 0 spiro atoms. The van der Waals surface area contributed by atoms with Crippen molar-refractivity contribution in [3.8, 4) is 0 Å². The lowest BCUT2D eigenvalue weighted by molar-refractivity contribution is 0.673. The van der Waals surface area contributed by atoms with Gasteiger partial charge in [-0.2, -0.15) is 0 Å². The summed E-state index contributed by atoms with van der Waals surface area (Å²) in [5.41, 5.74) is 0. The van der Waals surface area contributed by atoms with Crippen LogP contribution in [0.2, 0.25) is 0 Å². The summed E-state index contributed by atoms with van der Waals surface area (Å²) in [6.07, 6.45) is 12.1. The maximum atomic E-state index is 2.48. The molecule has 1 heterocycles. The normalized spacial score (nSPS) is 25.7. The van der Waals surface area contributed by atoms with Crippen LogP contribution in [0.3, 0.4) is 0 Å². The van der Waals surface area contributed by atoms with Crippen molar-refractivity contribution in [1.29, 1.82) is 0 Å². The summed E-state index contributed by atoms with van der Waals surface area (Å²) in [6.45, 7) is 4.61. The SMILES string of the molecule is CCCCCC/C=C1/CCC(C)S1. The first kappa shape index (κ1) is 11.2. The number of allylic oxidation sites excluding steroid dienone is 2. The number of hydrogen-bond donors (Lipinski definition) is 0. The first-order valence-corrected chi connectivity index (χ1v) is 6.56. The fourth-order valence-electron chi connectivity index (χ4n) is 1.71. The number of thioether (sulfide) groups is 1. The van der Waals surface area contributed by atoms with Gasteiger partial charge in [-0.25, -0.2) is 0 Å². The standard InChI is InChI=1S/C12H22S/c1-3-4-5-6-7-8-12-10-9-11(2)13-12/h8,11H,3-7,9-10H2,1-2H3/b12-8-. The average molecular weight is 198 g/mol. The van der Waals surface area contributed by atoms with E-state index in [0.29, 0.717) is 0 Å². The molecular formula is C12H22S. The Morgan fingerprint density at radius 1 is 1.38 bits per heavy atom. The molecule has 0 bridgehead atoms. The van der Waals surface area contributed by atoms with E-state index >= 15 is 0 Å². The molecule has 0 aromatic carbocycles. The third-order valence-electron chi connectivity index (χ3n) is 2.58. The van der Waals surface area contributed by atoms with E-state index in [9.17, 15) is 0 Å². The van der Waals surface area contributed by atoms with Crippen LogP contribution < -0.4 is 0 Å². The highest BCUT2D eigenvalue weighted by atomic mass is 32.2. The predicted octanol–water partition coefficient (Wildman–Crippen LogP) is 4.76. The molecule has 0 aliphatic carbocycles. The second-order valence-corrected chi connectivity index (χ2v) is 5.55. The molecule has 1 fully saturated rings. The van der Waals surface area contributed by atoms with Gasteiger partial charge >= 0.3 is 0 Å². The summed E-state index contributed by atoms with van der Waals surface area (Å²) < 4.78 is 0. The Morgan fingerprint density at radius 3 is 2.85 bits per heavy atom. The van der Waals surface area contributed by atoms with Gasteiger partial charge in [-0.15, -0.1) is 11.8 Å². The fourth-order valence-corrected chi connectivity index (χ4v) is 2.91. The van der Waals surface area contributed by atoms with Gasteiger partial charge in [0.2, 0.25) is 0 Å². The third kappa shape index (κ3) is 4.75. The van der Waals surface area contributed by atoms with E-state index in [4.69, 9.17) is 0 Å². The van der Waals surface area contributed by atoms with Crippen molar-refractivity contribution in [3.63, 3.8) is 0 Å². The van der Waals surface area contributed by atoms with E-state index in [1.807, 2.05) is 0 Å². The molecule has 1 aliphatic rings. The average Bonchev–Trinajstić information content (AvgIpc) is 2.51. The van der Waals surface area contributed by atoms with Gasteiger partial charge in [0.15, 0.2) is 0 Å². The van der Waals surface area contributed by atoms with Gasteiger partial charge in [-0.1, -0.05) is 39.2 Å². The van der Waals surface area contributed by atoms with Crippen LogP contribution in [-0.2, 0) is 0 Å². The Labute approximate surface area is 87.2 Å². The molecule has 1 unspecified atom stereocenters. The Balaban J connectivity index is 2.03. The summed E-state index contributed by atoms with van der Waals surface area (Å²) >= 11 is 2.09. The topological polar surface area (TPSA) is 0 Å². The van der Waals surface area contributed by atoms with Gasteiger partial charge in [0.1, 0.15) is 0 Å². The van der Waals surface area contributed by atoms with Gasteiger partial charge in [0, 0.05) is 5.25 Å². The van der Waals surface area contributed by atoms with Crippen molar-refractivity contribution < 1.29 is 0 Å². The van der Waals surface area contributed by atoms with Gasteiger partial charge < -0.3 is 0 Å². The Bertz CT molecular complexity index is 161. The van der Waals surface area contributed by atoms with Crippen molar-refractivity contribution in [1.82, 2.24) is 0 Å². The second-order valence-electron chi connectivity index (χ2n) is 3.99. The summed E-state index contributed by atoms with van der Waals surface area (Å²) in [7, 11) is 0. The zero-order valence-electron chi connectivity index (χ0n) is 9.01. The highest BCUT2D eigenvalue weighted by Crippen LogP contribution is 2.36. The number of rotatable bonds is 5. The molecule has 13 heavy (non-hydrogen) atoms. The number of hydrogen-bond acceptors (Lipinski definition) is 1. The zero-order valence-corrected chi connectivity index (χ0v) is 9.83. The van der Waals surface area contributed by atoms with Crippen molar-refractivity contribution in [2.45, 2.75) is 64.0 Å². The summed E-state index contributed by atoms with van der Waals surface area (Å²) in [4.78, 5) is 1.66. The summed E-state index contributed by atoms with van der Waals surface area (Å²) in [5, 5.41) is 0.877. The third-order valence-corrected chi connectivity index (χ3v) is 3.89. The quantitative estimate of drug-likeness (QED) is 0.574. The summed E-state index contributed by atoms with van der Waals surface area (Å²) in [6, 6.07) is 0. The van der Waals surface area contributed by atoms with Crippen molar-refractivity contribution in [2.24, 2.45) is 0 Å². The predicted molar refractivity (Wildman–Crippen MR) is 63.1 cm³/mol. The lowest BCUT2D eigenvalue weighted by atomic mass is 10.1. The van der Waals surface area contributed by atoms with Crippen LogP contribution in [-0.4, -0.2) is 5.25 Å². The van der Waals surface area contributed by atoms with E-state index in [1.165, 1.54) is 44.9 Å². The van der Waals surface area contributed by atoms with Crippen LogP contribution in [0.1, 0.15) is 58.8 Å². The Morgan fingerprint density at radius 2 is 2.23 bits per heavy atom. The van der Waals surface area contributed by atoms with Crippen molar-refractivity contribution in [3.05, 3.63) is 11.0 Å². The Kier molecular flexibility index (Phi) is 5.61. The van der Waals surface area contributed by atoms with E-state index < -0.39 is 0 Å². The lowest BCUT2D eigenvalue weighted by Gasteiger charge is -1.98. The molecule has 1 heteroatoms. The summed E-state index contributed by atoms with van der Waals surface area (Å²) in [5.74, 6) is 0. The smallest absolute Gasteiger partial charge is 0.00660 e. The monoisotopic (exact) mass is 198 g/mol. The van der Waals surface area contributed by atoms with E-state index in [0.717, 1.165) is 5.25 Å². The van der Waals surface area contributed by atoms with E-state index in [2.05, 4.69) is 31.7 Å². The minimum Gasteiger partial charge on any atom is -0.128 e. The van der Waals surface area contributed by atoms with Crippen LogP contribution in [0, 0.1) is 0 Å². The molecule has 1 rings (SSSR count). The van der Waals surface area contributed by atoms with Gasteiger partial charge in [-0.05, 0) is 30.6 Å². The first-order chi connectivity index (χ1) is 6.33. The van der Waals surface area contributed by atoms with Crippen molar-refractivity contribution >= 4 is 11.8 Å². The molecule has 1 aliphatic heterocycles. The van der Waals surface area contributed by atoms with Crippen LogP contribution in [0.5, 0.6) is 0 Å². The van der Waals surface area contributed by atoms with Gasteiger partial charge in [0.05, 0.1) is 0 Å². The molecule has 0 aromatic rings. The van der Waals surface area contributed by atoms with Crippen LogP contribution in [0.4, 0.5) is 0 Å². The number of unbranched alkanes of at least 4 members (excludes halogenated alkanes) is 4. The lowest BCUT2D eigenvalue weighted by Crippen LogP contribution is -1.82. The molecule has 0 N–H and O–H groups in total. The molecule has 76 valence electrons. The van der Waals surface area contributed by atoms with Crippen LogP contribution >= 0.6 is 11.8 Å². The highest BCUT2D eigenvalue weighted by Gasteiger charge is 2.14. The maximum Gasteiger partial charge on any atom is 0.00660 e. The first-order valence-electron chi connectivity index (χ1n) is 5.68. The molecular weight excluding hydrogens is 176 g/mol. The maximum absolute atomic E-state index is 2.48. The van der Waals surface area contributed by atoms with E-state index in [-0.39, 0.29) is 0 Å². The molecule has 0 nitrogen and oxygen atoms in total. The molecule has 0 radical (unpaired) electrons. The van der Waals surface area contributed by atoms with Crippen LogP contribution in [0.25, 0.3) is 0 Å². The van der Waals surface area contributed by atoms with Crippen molar-refractivity contribution in [2.75, 3.05) is 0 Å². The molecule has 0 aromatic heterocycles. The molecule has 0 saturated carbocycles.